The maximum Gasteiger partial charge on any atom is 0.254 e. The van der Waals surface area contributed by atoms with Crippen molar-refractivity contribution in [3.05, 3.63) is 70.3 Å². The van der Waals surface area contributed by atoms with Crippen LogP contribution >= 0.6 is 0 Å². The highest BCUT2D eigenvalue weighted by molar-refractivity contribution is 5.99. The predicted molar refractivity (Wildman–Crippen MR) is 146 cm³/mol. The quantitative estimate of drug-likeness (QED) is 0.443. The van der Waals surface area contributed by atoms with Crippen LogP contribution in [0.2, 0.25) is 0 Å². The van der Waals surface area contributed by atoms with Gasteiger partial charge in [0.15, 0.2) is 0 Å². The highest BCUT2D eigenvalue weighted by Gasteiger charge is 2.32. The number of benzene rings is 1. The lowest BCUT2D eigenvalue weighted by Crippen LogP contribution is -2.40. The number of aromatic nitrogens is 2. The highest BCUT2D eigenvalue weighted by Crippen LogP contribution is 2.37. The van der Waals surface area contributed by atoms with Crippen molar-refractivity contribution >= 4 is 5.91 Å². The van der Waals surface area contributed by atoms with Crippen LogP contribution in [-0.4, -0.2) is 64.1 Å². The van der Waals surface area contributed by atoms with Gasteiger partial charge in [0.25, 0.3) is 5.91 Å². The number of fused-ring (bicyclic) bond motifs is 1. The van der Waals surface area contributed by atoms with E-state index in [2.05, 4.69) is 41.0 Å². The minimum atomic E-state index is -0.301. The molecule has 0 aliphatic carbocycles. The predicted octanol–water partition coefficient (Wildman–Crippen LogP) is 4.68. The summed E-state index contributed by atoms with van der Waals surface area (Å²) in [4.78, 5) is 26.9. The van der Waals surface area contributed by atoms with E-state index in [-0.39, 0.29) is 17.7 Å². The van der Waals surface area contributed by atoms with Crippen molar-refractivity contribution in [1.82, 2.24) is 19.8 Å². The second-order valence-electron chi connectivity index (χ2n) is 9.72. The Bertz CT molecular complexity index is 1380. The third kappa shape index (κ3) is 5.48. The smallest absolute Gasteiger partial charge is 0.254 e. The molecular formula is C30H35N5O3. The fourth-order valence-electron chi connectivity index (χ4n) is 4.91. The Labute approximate surface area is 224 Å². The number of carbonyl (C=O) groups excluding carboxylic acids is 1. The summed E-state index contributed by atoms with van der Waals surface area (Å²) in [6, 6.07) is 9.48. The van der Waals surface area contributed by atoms with Gasteiger partial charge in [-0.1, -0.05) is 13.0 Å². The molecule has 0 fully saturated rings. The van der Waals surface area contributed by atoms with E-state index in [0.29, 0.717) is 42.1 Å². The number of pyridine rings is 2. The number of hydrogen-bond acceptors (Lipinski definition) is 7. The molecule has 0 saturated heterocycles. The Morgan fingerprint density at radius 3 is 2.63 bits per heavy atom. The Hall–Kier alpha value is -3.96. The zero-order valence-electron chi connectivity index (χ0n) is 22.8. The third-order valence-electron chi connectivity index (χ3n) is 7.29. The summed E-state index contributed by atoms with van der Waals surface area (Å²) in [5, 5.41) is 19.6. The van der Waals surface area contributed by atoms with Crippen molar-refractivity contribution in [2.45, 2.75) is 46.6 Å². The molecule has 8 heteroatoms. The molecule has 1 N–H and O–H groups in total. The number of aromatic hydroxyl groups is 1. The van der Waals surface area contributed by atoms with Gasteiger partial charge < -0.3 is 19.6 Å². The molecule has 4 rings (SSSR count). The van der Waals surface area contributed by atoms with E-state index in [4.69, 9.17) is 4.74 Å². The van der Waals surface area contributed by atoms with Crippen molar-refractivity contribution in [2.24, 2.45) is 0 Å². The van der Waals surface area contributed by atoms with Crippen LogP contribution in [0.5, 0.6) is 11.5 Å². The average molecular weight is 514 g/mol. The normalized spacial score (nSPS) is 13.8. The van der Waals surface area contributed by atoms with Gasteiger partial charge in [-0.05, 0) is 76.0 Å². The molecule has 8 nitrogen and oxygen atoms in total. The minimum Gasteiger partial charge on any atom is -0.506 e. The SMILES string of the molecule is CCOc1cc(C(C)N2CCc3c(cc(CCN(C)CC)cc3-c3cc(O)cnc3C)C2=O)ncc1C#N. The lowest BCUT2D eigenvalue weighted by molar-refractivity contribution is 0.0669. The van der Waals surface area contributed by atoms with Gasteiger partial charge in [-0.3, -0.25) is 14.8 Å². The third-order valence-corrected chi connectivity index (χ3v) is 7.29. The summed E-state index contributed by atoms with van der Waals surface area (Å²) < 4.78 is 5.65. The number of rotatable bonds is 9. The number of ether oxygens (including phenoxy) is 1. The van der Waals surface area contributed by atoms with Crippen LogP contribution in [0.25, 0.3) is 11.1 Å². The van der Waals surface area contributed by atoms with Crippen LogP contribution in [-0.2, 0) is 12.8 Å². The Kier molecular flexibility index (Phi) is 8.28. The van der Waals surface area contributed by atoms with Gasteiger partial charge in [0.1, 0.15) is 23.1 Å². The van der Waals surface area contributed by atoms with Gasteiger partial charge in [-0.25, -0.2) is 0 Å². The van der Waals surface area contributed by atoms with E-state index >= 15 is 0 Å². The van der Waals surface area contributed by atoms with E-state index < -0.39 is 0 Å². The van der Waals surface area contributed by atoms with Crippen LogP contribution in [0.1, 0.15) is 65.2 Å². The first kappa shape index (κ1) is 27.1. The summed E-state index contributed by atoms with van der Waals surface area (Å²) in [7, 11) is 2.08. The van der Waals surface area contributed by atoms with Gasteiger partial charge in [0, 0.05) is 42.2 Å². The van der Waals surface area contributed by atoms with Crippen molar-refractivity contribution in [3.63, 3.8) is 0 Å². The molecule has 1 aromatic carbocycles. The molecule has 38 heavy (non-hydrogen) atoms. The number of nitrogens with zero attached hydrogens (tertiary/aromatic N) is 5. The number of amides is 1. The number of likely N-dealkylation sites (N-methyl/N-ethyl adjacent to an activating group) is 1. The molecule has 198 valence electrons. The Morgan fingerprint density at radius 2 is 1.92 bits per heavy atom. The van der Waals surface area contributed by atoms with Crippen molar-refractivity contribution in [1.29, 1.82) is 5.26 Å². The molecule has 0 bridgehead atoms. The van der Waals surface area contributed by atoms with Gasteiger partial charge in [-0.15, -0.1) is 0 Å². The van der Waals surface area contributed by atoms with Gasteiger partial charge in [0.05, 0.1) is 24.5 Å². The van der Waals surface area contributed by atoms with Crippen LogP contribution in [0.4, 0.5) is 0 Å². The van der Waals surface area contributed by atoms with Crippen LogP contribution in [0.15, 0.2) is 36.7 Å². The van der Waals surface area contributed by atoms with E-state index in [9.17, 15) is 15.2 Å². The lowest BCUT2D eigenvalue weighted by atomic mass is 9.86. The molecule has 3 aromatic rings. The molecule has 1 aliphatic rings. The molecular weight excluding hydrogens is 478 g/mol. The van der Waals surface area contributed by atoms with Gasteiger partial charge in [-0.2, -0.15) is 5.26 Å². The molecule has 1 aliphatic heterocycles. The summed E-state index contributed by atoms with van der Waals surface area (Å²) in [5.41, 5.74) is 6.38. The second kappa shape index (κ2) is 11.6. The number of nitriles is 1. The van der Waals surface area contributed by atoms with E-state index in [1.54, 1.807) is 12.1 Å². The summed E-state index contributed by atoms with van der Waals surface area (Å²) in [5.74, 6) is 0.526. The largest absolute Gasteiger partial charge is 0.506 e. The average Bonchev–Trinajstić information content (AvgIpc) is 2.92. The zero-order valence-corrected chi connectivity index (χ0v) is 22.8. The molecule has 0 radical (unpaired) electrons. The summed E-state index contributed by atoms with van der Waals surface area (Å²) >= 11 is 0. The molecule has 2 aromatic heterocycles. The number of hydrogen-bond donors (Lipinski definition) is 1. The van der Waals surface area contributed by atoms with E-state index in [1.165, 1.54) is 12.4 Å². The minimum absolute atomic E-state index is 0.0550. The fourth-order valence-corrected chi connectivity index (χ4v) is 4.91. The second-order valence-corrected chi connectivity index (χ2v) is 9.72. The first-order valence-electron chi connectivity index (χ1n) is 13.1. The van der Waals surface area contributed by atoms with Gasteiger partial charge in [0.2, 0.25) is 0 Å². The summed E-state index contributed by atoms with van der Waals surface area (Å²) in [6.07, 6.45) is 4.42. The molecule has 1 unspecified atom stereocenters. The maximum atomic E-state index is 14.0. The van der Waals surface area contributed by atoms with Crippen molar-refractivity contribution in [3.8, 4) is 28.7 Å². The standard InChI is InChI=1S/C30H35N5O3/c1-6-34(5)10-8-21-12-26(25-14-23(36)18-32-19(25)3)24-9-11-35(30(37)27(24)13-21)20(4)28-15-29(38-7-2)22(16-31)17-33-28/h12-15,17-18,20,36H,6-11H2,1-5H3. The summed E-state index contributed by atoms with van der Waals surface area (Å²) in [6.45, 7) is 10.6. The maximum absolute atomic E-state index is 14.0. The molecule has 3 heterocycles. The van der Waals surface area contributed by atoms with Crippen LogP contribution < -0.4 is 4.74 Å². The van der Waals surface area contributed by atoms with Crippen molar-refractivity contribution < 1.29 is 14.6 Å². The first-order chi connectivity index (χ1) is 18.3. The van der Waals surface area contributed by atoms with Crippen LogP contribution in [0, 0.1) is 18.3 Å². The van der Waals surface area contributed by atoms with Crippen LogP contribution in [0.3, 0.4) is 0 Å². The first-order valence-corrected chi connectivity index (χ1v) is 13.1. The molecule has 1 atom stereocenters. The Balaban J connectivity index is 1.75. The lowest BCUT2D eigenvalue weighted by Gasteiger charge is -2.35. The molecule has 0 spiro atoms. The zero-order chi connectivity index (χ0) is 27.4. The Morgan fingerprint density at radius 1 is 1.16 bits per heavy atom. The molecule has 1 amide bonds. The monoisotopic (exact) mass is 513 g/mol. The topological polar surface area (TPSA) is 103 Å². The number of aryl methyl sites for hydroxylation is 1. The van der Waals surface area contributed by atoms with E-state index in [1.807, 2.05) is 31.7 Å². The van der Waals surface area contributed by atoms with Crippen molar-refractivity contribution in [2.75, 3.05) is 33.3 Å². The highest BCUT2D eigenvalue weighted by atomic mass is 16.5. The van der Waals surface area contributed by atoms with Gasteiger partial charge >= 0.3 is 0 Å². The fraction of sp³-hybridized carbons (Fsp3) is 0.400. The van der Waals surface area contributed by atoms with E-state index in [0.717, 1.165) is 47.5 Å². The molecule has 0 saturated carbocycles. The number of carbonyl (C=O) groups is 1.